The van der Waals surface area contributed by atoms with E-state index >= 15 is 0 Å². The van der Waals surface area contributed by atoms with Gasteiger partial charge >= 0.3 is 0 Å². The highest BCUT2D eigenvalue weighted by Gasteiger charge is 2.28. The molecule has 1 aliphatic rings. The van der Waals surface area contributed by atoms with Crippen molar-refractivity contribution < 1.29 is 4.79 Å². The van der Waals surface area contributed by atoms with Gasteiger partial charge < -0.3 is 14.8 Å². The molecule has 2 heterocycles. The Morgan fingerprint density at radius 3 is 3.19 bits per heavy atom. The summed E-state index contributed by atoms with van der Waals surface area (Å²) in [6.07, 6.45) is 3.30. The maximum absolute atomic E-state index is 12.1. The van der Waals surface area contributed by atoms with Crippen LogP contribution in [0.4, 0.5) is 0 Å². The number of piperazine rings is 1. The number of rotatable bonds is 1. The van der Waals surface area contributed by atoms with Gasteiger partial charge in [-0.1, -0.05) is 0 Å². The van der Waals surface area contributed by atoms with Crippen LogP contribution in [0.25, 0.3) is 0 Å². The maximum Gasteiger partial charge on any atom is 0.291 e. The van der Waals surface area contributed by atoms with E-state index in [9.17, 15) is 4.79 Å². The maximum atomic E-state index is 12.1. The Morgan fingerprint density at radius 1 is 1.75 bits per heavy atom. The van der Waals surface area contributed by atoms with Gasteiger partial charge in [-0.2, -0.15) is 5.26 Å². The van der Waals surface area contributed by atoms with Gasteiger partial charge in [0.1, 0.15) is 6.04 Å². The number of carbonyl (C=O) groups excluding carboxylic acids is 1. The number of nitrogens with one attached hydrogen (secondary N) is 1. The van der Waals surface area contributed by atoms with Crippen LogP contribution in [0.5, 0.6) is 0 Å². The molecule has 6 nitrogen and oxygen atoms in total. The zero-order chi connectivity index (χ0) is 11.5. The van der Waals surface area contributed by atoms with Crippen molar-refractivity contribution in [1.82, 2.24) is 19.8 Å². The van der Waals surface area contributed by atoms with Crippen molar-refractivity contribution in [3.05, 3.63) is 18.2 Å². The molecule has 1 aliphatic heterocycles. The zero-order valence-corrected chi connectivity index (χ0v) is 9.05. The highest BCUT2D eigenvalue weighted by Crippen LogP contribution is 2.08. The molecule has 1 saturated heterocycles. The first-order chi connectivity index (χ1) is 7.74. The van der Waals surface area contributed by atoms with Crippen LogP contribution >= 0.6 is 0 Å². The molecule has 1 aromatic heterocycles. The zero-order valence-electron chi connectivity index (χ0n) is 9.05. The monoisotopic (exact) mass is 219 g/mol. The van der Waals surface area contributed by atoms with E-state index in [-0.39, 0.29) is 5.91 Å². The van der Waals surface area contributed by atoms with Gasteiger partial charge in [0.05, 0.1) is 6.07 Å². The van der Waals surface area contributed by atoms with Crippen molar-refractivity contribution in [2.45, 2.75) is 6.04 Å². The summed E-state index contributed by atoms with van der Waals surface area (Å²) in [6.45, 7) is 1.78. The van der Waals surface area contributed by atoms with Crippen LogP contribution in [-0.4, -0.2) is 46.0 Å². The summed E-state index contributed by atoms with van der Waals surface area (Å²) < 4.78 is 1.67. The lowest BCUT2D eigenvalue weighted by molar-refractivity contribution is 0.0671. The molecule has 0 aromatic carbocycles. The lowest BCUT2D eigenvalue weighted by Gasteiger charge is -2.31. The summed E-state index contributed by atoms with van der Waals surface area (Å²) in [5, 5.41) is 12.1. The fourth-order valence-electron chi connectivity index (χ4n) is 1.76. The van der Waals surface area contributed by atoms with E-state index in [1.807, 2.05) is 0 Å². The van der Waals surface area contributed by atoms with E-state index in [2.05, 4.69) is 16.4 Å². The molecular formula is C10H13N5O. The van der Waals surface area contributed by atoms with Gasteiger partial charge in [-0.25, -0.2) is 4.98 Å². The molecule has 1 atom stereocenters. The predicted molar refractivity (Wildman–Crippen MR) is 56.5 cm³/mol. The molecule has 2 rings (SSSR count). The number of carbonyl (C=O) groups is 1. The highest BCUT2D eigenvalue weighted by atomic mass is 16.2. The summed E-state index contributed by atoms with van der Waals surface area (Å²) in [4.78, 5) is 17.7. The quantitative estimate of drug-likeness (QED) is 0.681. The topological polar surface area (TPSA) is 74.0 Å². The third-order valence-corrected chi connectivity index (χ3v) is 2.67. The molecule has 0 radical (unpaired) electrons. The van der Waals surface area contributed by atoms with Gasteiger partial charge in [0.25, 0.3) is 5.91 Å². The van der Waals surface area contributed by atoms with Gasteiger partial charge in [0, 0.05) is 39.1 Å². The van der Waals surface area contributed by atoms with Crippen molar-refractivity contribution in [3.8, 4) is 6.07 Å². The molecule has 0 bridgehead atoms. The van der Waals surface area contributed by atoms with E-state index in [1.54, 1.807) is 28.9 Å². The van der Waals surface area contributed by atoms with E-state index in [0.29, 0.717) is 25.5 Å². The van der Waals surface area contributed by atoms with Crippen LogP contribution in [0.1, 0.15) is 10.6 Å². The van der Waals surface area contributed by atoms with Crippen LogP contribution in [-0.2, 0) is 7.05 Å². The molecule has 1 unspecified atom stereocenters. The first-order valence-electron chi connectivity index (χ1n) is 5.12. The van der Waals surface area contributed by atoms with E-state index in [1.165, 1.54) is 0 Å². The van der Waals surface area contributed by atoms with Crippen molar-refractivity contribution in [2.75, 3.05) is 19.6 Å². The molecule has 84 valence electrons. The number of aryl methyl sites for hydroxylation is 1. The van der Waals surface area contributed by atoms with Crippen LogP contribution in [0.3, 0.4) is 0 Å². The molecule has 6 heteroatoms. The second-order valence-electron chi connectivity index (χ2n) is 3.71. The van der Waals surface area contributed by atoms with Gasteiger partial charge in [-0.05, 0) is 0 Å². The first-order valence-corrected chi connectivity index (χ1v) is 5.12. The van der Waals surface area contributed by atoms with Crippen LogP contribution in [0.2, 0.25) is 0 Å². The Bertz CT molecular complexity index is 433. The van der Waals surface area contributed by atoms with E-state index < -0.39 is 6.04 Å². The average Bonchev–Trinajstić information content (AvgIpc) is 2.74. The standard InChI is InChI=1S/C10H13N5O/c1-14-4-3-13-9(14)10(16)15-5-2-12-7-8(15)6-11/h3-4,8,12H,2,5,7H2,1H3. The molecule has 1 N–H and O–H groups in total. The minimum atomic E-state index is -0.405. The SMILES string of the molecule is Cn1ccnc1C(=O)N1CCNCC1C#N. The Labute approximate surface area is 93.5 Å². The predicted octanol–water partition coefficient (Wildman–Crippen LogP) is -0.642. The van der Waals surface area contributed by atoms with E-state index in [4.69, 9.17) is 5.26 Å². The highest BCUT2D eigenvalue weighted by molar-refractivity contribution is 5.91. The molecule has 1 aromatic rings. The van der Waals surface area contributed by atoms with Gasteiger partial charge in [0.15, 0.2) is 5.82 Å². The first kappa shape index (κ1) is 10.6. The minimum absolute atomic E-state index is 0.180. The summed E-state index contributed by atoms with van der Waals surface area (Å²) in [5.41, 5.74) is 0. The molecule has 0 spiro atoms. The number of nitrogens with zero attached hydrogens (tertiary/aromatic N) is 4. The van der Waals surface area contributed by atoms with Crippen LogP contribution in [0, 0.1) is 11.3 Å². The van der Waals surface area contributed by atoms with Crippen LogP contribution < -0.4 is 5.32 Å². The average molecular weight is 219 g/mol. The second-order valence-corrected chi connectivity index (χ2v) is 3.71. The van der Waals surface area contributed by atoms with E-state index in [0.717, 1.165) is 0 Å². The summed E-state index contributed by atoms with van der Waals surface area (Å²) in [6, 6.07) is 1.72. The number of aromatic nitrogens is 2. The Kier molecular flexibility index (Phi) is 2.88. The Hall–Kier alpha value is -1.87. The number of amides is 1. The molecule has 1 fully saturated rings. The Balaban J connectivity index is 2.21. The Morgan fingerprint density at radius 2 is 2.56 bits per heavy atom. The largest absolute Gasteiger partial charge is 0.330 e. The van der Waals surface area contributed by atoms with Crippen molar-refractivity contribution in [1.29, 1.82) is 5.26 Å². The van der Waals surface area contributed by atoms with Crippen molar-refractivity contribution in [3.63, 3.8) is 0 Å². The molecular weight excluding hydrogens is 206 g/mol. The molecule has 16 heavy (non-hydrogen) atoms. The lowest BCUT2D eigenvalue weighted by Crippen LogP contribution is -2.53. The van der Waals surface area contributed by atoms with Crippen molar-refractivity contribution in [2.24, 2.45) is 7.05 Å². The molecule has 1 amide bonds. The van der Waals surface area contributed by atoms with Crippen LogP contribution in [0.15, 0.2) is 12.4 Å². The number of hydrogen-bond donors (Lipinski definition) is 1. The fourth-order valence-corrected chi connectivity index (χ4v) is 1.76. The smallest absolute Gasteiger partial charge is 0.291 e. The van der Waals surface area contributed by atoms with Gasteiger partial charge in [-0.3, -0.25) is 4.79 Å². The minimum Gasteiger partial charge on any atom is -0.330 e. The summed E-state index contributed by atoms with van der Waals surface area (Å²) in [5.74, 6) is 0.197. The molecule has 0 aliphatic carbocycles. The number of hydrogen-bond acceptors (Lipinski definition) is 4. The summed E-state index contributed by atoms with van der Waals surface area (Å²) >= 11 is 0. The van der Waals surface area contributed by atoms with Gasteiger partial charge in [-0.15, -0.1) is 0 Å². The molecule has 0 saturated carbocycles. The second kappa shape index (κ2) is 4.33. The number of imidazole rings is 1. The fraction of sp³-hybridized carbons (Fsp3) is 0.500. The van der Waals surface area contributed by atoms with Crippen molar-refractivity contribution >= 4 is 5.91 Å². The summed E-state index contributed by atoms with van der Waals surface area (Å²) in [7, 11) is 1.77. The third-order valence-electron chi connectivity index (χ3n) is 2.67. The lowest BCUT2D eigenvalue weighted by atomic mass is 10.2. The third kappa shape index (κ3) is 1.77. The normalized spacial score (nSPS) is 20.5. The van der Waals surface area contributed by atoms with Gasteiger partial charge in [0.2, 0.25) is 0 Å². The number of nitriles is 1.